The van der Waals surface area contributed by atoms with Crippen LogP contribution in [0.5, 0.6) is 0 Å². The molecule has 0 saturated carbocycles. The Morgan fingerprint density at radius 2 is 1.88 bits per heavy atom. The zero-order valence-corrected chi connectivity index (χ0v) is 15.6. The highest BCUT2D eigenvalue weighted by Gasteiger charge is 2.30. The van der Waals surface area contributed by atoms with E-state index in [1.54, 1.807) is 22.7 Å². The van der Waals surface area contributed by atoms with Crippen molar-refractivity contribution in [3.05, 3.63) is 22.4 Å². The maximum absolute atomic E-state index is 12.6. The second kappa shape index (κ2) is 7.39. The first-order chi connectivity index (χ1) is 11.2. The fourth-order valence-electron chi connectivity index (χ4n) is 3.27. The molecular weight excluding hydrogens is 366 g/mol. The second-order valence-electron chi connectivity index (χ2n) is 6.03. The van der Waals surface area contributed by atoms with E-state index in [0.717, 1.165) is 24.3 Å². The number of rotatable bonds is 2. The summed E-state index contributed by atoms with van der Waals surface area (Å²) >= 11 is 3.23. The van der Waals surface area contributed by atoms with Gasteiger partial charge in [0.15, 0.2) is 0 Å². The smallest absolute Gasteiger partial charge is 0.264 e. The van der Waals surface area contributed by atoms with Crippen LogP contribution >= 0.6 is 35.1 Å². The number of nitrogens with one attached hydrogen (secondary N) is 1. The van der Waals surface area contributed by atoms with Gasteiger partial charge in [0.05, 0.1) is 10.9 Å². The lowest BCUT2D eigenvalue weighted by molar-refractivity contribution is -0.134. The van der Waals surface area contributed by atoms with Crippen LogP contribution in [-0.2, 0) is 4.79 Å². The Hall–Kier alpha value is -1.15. The average Bonchev–Trinajstić information content (AvgIpc) is 3.29. The topological polar surface area (TPSA) is 52.7 Å². The number of carbonyl (C=O) groups excluding carboxylic acids is 2. The molecule has 2 saturated heterocycles. The Labute approximate surface area is 155 Å². The van der Waals surface area contributed by atoms with Crippen LogP contribution in [0.1, 0.15) is 22.5 Å². The summed E-state index contributed by atoms with van der Waals surface area (Å²) in [5, 5.41) is 5.31. The molecular formula is C16H20ClN3O2S2. The molecule has 2 amide bonds. The van der Waals surface area contributed by atoms with Crippen molar-refractivity contribution in [3.8, 4) is 0 Å². The Kier molecular flexibility index (Phi) is 5.44. The van der Waals surface area contributed by atoms with Crippen LogP contribution in [0.15, 0.2) is 17.5 Å². The van der Waals surface area contributed by atoms with E-state index in [0.29, 0.717) is 26.2 Å². The molecule has 4 heterocycles. The van der Waals surface area contributed by atoms with Gasteiger partial charge in [-0.05, 0) is 36.9 Å². The molecule has 4 rings (SSSR count). The van der Waals surface area contributed by atoms with Crippen molar-refractivity contribution in [3.63, 3.8) is 0 Å². The average molecular weight is 386 g/mol. The molecule has 2 aliphatic heterocycles. The molecule has 0 bridgehead atoms. The predicted octanol–water partition coefficient (Wildman–Crippen LogP) is 2.42. The number of amides is 2. The van der Waals surface area contributed by atoms with Crippen LogP contribution in [0.4, 0.5) is 0 Å². The van der Waals surface area contributed by atoms with Gasteiger partial charge in [0.1, 0.15) is 0 Å². The standard InChI is InChI=1S/C16H19N3O2S2.ClH/c20-15(11-2-1-4-17-11)18-5-7-19(8-6-18)16(21)14-10-13-12(23-14)3-9-22-13;/h3,9-11,17H,1-2,4-8H2;1H. The lowest BCUT2D eigenvalue weighted by atomic mass is 10.2. The summed E-state index contributed by atoms with van der Waals surface area (Å²) in [5.74, 6) is 0.302. The summed E-state index contributed by atoms with van der Waals surface area (Å²) in [4.78, 5) is 29.6. The highest BCUT2D eigenvalue weighted by Crippen LogP contribution is 2.30. The summed E-state index contributed by atoms with van der Waals surface area (Å²) in [6.07, 6.45) is 2.01. The maximum atomic E-state index is 12.6. The Morgan fingerprint density at radius 1 is 1.12 bits per heavy atom. The van der Waals surface area contributed by atoms with E-state index in [4.69, 9.17) is 0 Å². The zero-order chi connectivity index (χ0) is 15.8. The molecule has 2 aromatic heterocycles. The van der Waals surface area contributed by atoms with Crippen molar-refractivity contribution < 1.29 is 9.59 Å². The highest BCUT2D eigenvalue weighted by molar-refractivity contribution is 7.27. The molecule has 1 unspecified atom stereocenters. The first-order valence-electron chi connectivity index (χ1n) is 8.01. The van der Waals surface area contributed by atoms with Gasteiger partial charge in [-0.3, -0.25) is 9.59 Å². The zero-order valence-electron chi connectivity index (χ0n) is 13.2. The number of thiophene rings is 2. The van der Waals surface area contributed by atoms with Gasteiger partial charge in [0, 0.05) is 35.6 Å². The van der Waals surface area contributed by atoms with Gasteiger partial charge in [-0.2, -0.15) is 0 Å². The number of halogens is 1. The molecule has 0 aliphatic carbocycles. The monoisotopic (exact) mass is 385 g/mol. The van der Waals surface area contributed by atoms with E-state index in [-0.39, 0.29) is 30.3 Å². The Balaban J connectivity index is 0.00000169. The van der Waals surface area contributed by atoms with Crippen LogP contribution in [0, 0.1) is 0 Å². The lowest BCUT2D eigenvalue weighted by Gasteiger charge is -2.35. The number of carbonyl (C=O) groups is 2. The molecule has 5 nitrogen and oxygen atoms in total. The van der Waals surface area contributed by atoms with Gasteiger partial charge in [-0.15, -0.1) is 35.1 Å². The molecule has 1 atom stereocenters. The van der Waals surface area contributed by atoms with E-state index >= 15 is 0 Å². The molecule has 130 valence electrons. The molecule has 0 spiro atoms. The van der Waals surface area contributed by atoms with Gasteiger partial charge in [0.2, 0.25) is 5.91 Å². The molecule has 8 heteroatoms. The molecule has 0 aromatic carbocycles. The summed E-state index contributed by atoms with van der Waals surface area (Å²) in [5.41, 5.74) is 0. The van der Waals surface area contributed by atoms with Crippen LogP contribution in [0.3, 0.4) is 0 Å². The van der Waals surface area contributed by atoms with Crippen molar-refractivity contribution >= 4 is 56.3 Å². The van der Waals surface area contributed by atoms with Crippen LogP contribution in [0.2, 0.25) is 0 Å². The number of fused-ring (bicyclic) bond motifs is 1. The Bertz CT molecular complexity index is 702. The summed E-state index contributed by atoms with van der Waals surface area (Å²) in [6, 6.07) is 4.04. The molecule has 24 heavy (non-hydrogen) atoms. The van der Waals surface area contributed by atoms with Crippen molar-refractivity contribution in [2.75, 3.05) is 32.7 Å². The predicted molar refractivity (Wildman–Crippen MR) is 100 cm³/mol. The minimum Gasteiger partial charge on any atom is -0.338 e. The normalized spacial score (nSPS) is 21.1. The van der Waals surface area contributed by atoms with E-state index < -0.39 is 0 Å². The lowest BCUT2D eigenvalue weighted by Crippen LogP contribution is -2.54. The minimum atomic E-state index is -0.0127. The highest BCUT2D eigenvalue weighted by atomic mass is 35.5. The number of hydrogen-bond acceptors (Lipinski definition) is 5. The molecule has 2 aromatic rings. The molecule has 2 fully saturated rings. The van der Waals surface area contributed by atoms with E-state index in [1.807, 2.05) is 15.9 Å². The fraction of sp³-hybridized carbons (Fsp3) is 0.500. The van der Waals surface area contributed by atoms with Crippen LogP contribution < -0.4 is 5.32 Å². The van der Waals surface area contributed by atoms with E-state index in [9.17, 15) is 9.59 Å². The fourth-order valence-corrected chi connectivity index (χ4v) is 5.35. The van der Waals surface area contributed by atoms with Crippen molar-refractivity contribution in [1.82, 2.24) is 15.1 Å². The third-order valence-electron chi connectivity index (χ3n) is 4.59. The number of nitrogens with zero attached hydrogens (tertiary/aromatic N) is 2. The van der Waals surface area contributed by atoms with Crippen LogP contribution in [-0.4, -0.2) is 60.4 Å². The molecule has 1 N–H and O–H groups in total. The first-order valence-corrected chi connectivity index (χ1v) is 9.70. The largest absolute Gasteiger partial charge is 0.338 e. The van der Waals surface area contributed by atoms with E-state index in [2.05, 4.69) is 16.8 Å². The van der Waals surface area contributed by atoms with E-state index in [1.165, 1.54) is 9.40 Å². The minimum absolute atomic E-state index is 0. The number of piperazine rings is 1. The van der Waals surface area contributed by atoms with Gasteiger partial charge in [0.25, 0.3) is 5.91 Å². The third-order valence-corrected chi connectivity index (χ3v) is 6.67. The molecule has 0 radical (unpaired) electrons. The maximum Gasteiger partial charge on any atom is 0.264 e. The van der Waals surface area contributed by atoms with Crippen molar-refractivity contribution in [2.45, 2.75) is 18.9 Å². The third kappa shape index (κ3) is 3.31. The van der Waals surface area contributed by atoms with Crippen LogP contribution in [0.25, 0.3) is 9.40 Å². The van der Waals surface area contributed by atoms with Gasteiger partial charge >= 0.3 is 0 Å². The summed E-state index contributed by atoms with van der Waals surface area (Å²) in [7, 11) is 0. The summed E-state index contributed by atoms with van der Waals surface area (Å²) in [6.45, 7) is 3.47. The van der Waals surface area contributed by atoms with Gasteiger partial charge in [-0.1, -0.05) is 0 Å². The van der Waals surface area contributed by atoms with Gasteiger partial charge < -0.3 is 15.1 Å². The quantitative estimate of drug-likeness (QED) is 0.863. The van der Waals surface area contributed by atoms with Crippen molar-refractivity contribution in [2.24, 2.45) is 0 Å². The van der Waals surface area contributed by atoms with Crippen molar-refractivity contribution in [1.29, 1.82) is 0 Å². The molecule has 2 aliphatic rings. The number of hydrogen-bond donors (Lipinski definition) is 1. The Morgan fingerprint density at radius 3 is 2.54 bits per heavy atom. The summed E-state index contributed by atoms with van der Waals surface area (Å²) < 4.78 is 2.36. The second-order valence-corrected chi connectivity index (χ2v) is 8.06. The van der Waals surface area contributed by atoms with Gasteiger partial charge in [-0.25, -0.2) is 0 Å². The SMILES string of the molecule is Cl.O=C(c1cc2sccc2s1)N1CCN(C(=O)C2CCCN2)CC1. The first kappa shape index (κ1) is 17.7.